The van der Waals surface area contributed by atoms with Crippen LogP contribution in [-0.2, 0) is 9.59 Å². The highest BCUT2D eigenvalue weighted by molar-refractivity contribution is 5.87. The maximum atomic E-state index is 11.8. The second-order valence-electron chi connectivity index (χ2n) is 7.74. The van der Waals surface area contributed by atoms with Gasteiger partial charge in [-0.2, -0.15) is 5.26 Å². The predicted octanol–water partition coefficient (Wildman–Crippen LogP) is 2.97. The highest BCUT2D eigenvalue weighted by Crippen LogP contribution is 2.67. The number of hydrogen-bond donors (Lipinski definition) is 2. The monoisotopic (exact) mass is 303 g/mol. The first-order valence-corrected chi connectivity index (χ1v) is 7.86. The first-order valence-electron chi connectivity index (χ1n) is 7.86. The quantitative estimate of drug-likeness (QED) is 0.614. The molecule has 2 atom stereocenters. The Labute approximate surface area is 129 Å². The lowest BCUT2D eigenvalue weighted by atomic mass is 9.43. The highest BCUT2D eigenvalue weighted by atomic mass is 16.4. The van der Waals surface area contributed by atoms with Gasteiger partial charge in [0.15, 0.2) is 0 Å². The van der Waals surface area contributed by atoms with Gasteiger partial charge in [0.25, 0.3) is 0 Å². The molecule has 0 radical (unpaired) electrons. The summed E-state index contributed by atoms with van der Waals surface area (Å²) in [5.74, 6) is -0.928. The molecule has 4 bridgehead atoms. The smallest absolute Gasteiger partial charge is 0.332 e. The maximum Gasteiger partial charge on any atom is 0.332 e. The lowest BCUT2D eigenvalue weighted by Gasteiger charge is -2.60. The van der Waals surface area contributed by atoms with Crippen molar-refractivity contribution in [2.24, 2.45) is 22.7 Å². The minimum Gasteiger partial charge on any atom is -0.481 e. The molecule has 0 heterocycles. The van der Waals surface area contributed by atoms with Crippen LogP contribution in [-0.4, -0.2) is 22.2 Å². The third kappa shape index (κ3) is 2.22. The predicted molar refractivity (Wildman–Crippen MR) is 77.7 cm³/mol. The Morgan fingerprint density at radius 2 is 1.77 bits per heavy atom. The Kier molecular flexibility index (Phi) is 3.32. The van der Waals surface area contributed by atoms with Gasteiger partial charge in [-0.05, 0) is 69.1 Å². The molecular weight excluding hydrogens is 282 g/mol. The SMILES string of the molecule is CC(C(=O)O)=C(C#N)CC12CC3CC(C1)CC(C(=O)O)(C3)C2. The Morgan fingerprint density at radius 3 is 2.23 bits per heavy atom. The van der Waals surface area contributed by atoms with Gasteiger partial charge in [0, 0.05) is 11.1 Å². The molecule has 2 N–H and O–H groups in total. The molecule has 4 fully saturated rings. The van der Waals surface area contributed by atoms with Gasteiger partial charge in [-0.3, -0.25) is 4.79 Å². The largest absolute Gasteiger partial charge is 0.481 e. The molecule has 2 unspecified atom stereocenters. The molecule has 4 aliphatic rings. The summed E-state index contributed by atoms with van der Waals surface area (Å²) in [5.41, 5.74) is -0.413. The van der Waals surface area contributed by atoms with E-state index in [9.17, 15) is 20.0 Å². The van der Waals surface area contributed by atoms with Crippen LogP contribution in [0.2, 0.25) is 0 Å². The molecule has 0 saturated heterocycles. The number of hydrogen-bond acceptors (Lipinski definition) is 3. The minimum atomic E-state index is -1.06. The number of aliphatic carboxylic acids is 2. The Bertz CT molecular complexity index is 599. The zero-order valence-electron chi connectivity index (χ0n) is 12.8. The van der Waals surface area contributed by atoms with Gasteiger partial charge >= 0.3 is 11.9 Å². The van der Waals surface area contributed by atoms with E-state index in [0.717, 1.165) is 32.1 Å². The lowest BCUT2D eigenvalue weighted by molar-refractivity contribution is -0.174. The molecule has 118 valence electrons. The summed E-state index contributed by atoms with van der Waals surface area (Å²) in [6, 6.07) is 2.05. The number of carbonyl (C=O) groups is 2. The van der Waals surface area contributed by atoms with Gasteiger partial charge in [0.05, 0.1) is 11.5 Å². The summed E-state index contributed by atoms with van der Waals surface area (Å²) < 4.78 is 0. The third-order valence-corrected chi connectivity index (χ3v) is 6.10. The van der Waals surface area contributed by atoms with Crippen LogP contribution in [0.15, 0.2) is 11.1 Å². The van der Waals surface area contributed by atoms with Gasteiger partial charge in [-0.25, -0.2) is 4.79 Å². The zero-order valence-corrected chi connectivity index (χ0v) is 12.8. The van der Waals surface area contributed by atoms with Crippen molar-refractivity contribution in [2.75, 3.05) is 0 Å². The summed E-state index contributed by atoms with van der Waals surface area (Å²) in [6.45, 7) is 1.47. The van der Waals surface area contributed by atoms with Crippen molar-refractivity contribution < 1.29 is 19.8 Å². The van der Waals surface area contributed by atoms with Gasteiger partial charge < -0.3 is 10.2 Å². The fraction of sp³-hybridized carbons (Fsp3) is 0.706. The van der Waals surface area contributed by atoms with Crippen LogP contribution in [0.25, 0.3) is 0 Å². The van der Waals surface area contributed by atoms with Gasteiger partial charge in [-0.15, -0.1) is 0 Å². The van der Waals surface area contributed by atoms with Crippen molar-refractivity contribution in [1.82, 2.24) is 0 Å². The van der Waals surface area contributed by atoms with Crippen molar-refractivity contribution >= 4 is 11.9 Å². The number of rotatable bonds is 4. The van der Waals surface area contributed by atoms with Gasteiger partial charge in [0.1, 0.15) is 0 Å². The number of nitrogens with zero attached hydrogens (tertiary/aromatic N) is 1. The summed E-state index contributed by atoms with van der Waals surface area (Å²) in [5, 5.41) is 28.2. The van der Waals surface area contributed by atoms with E-state index in [1.165, 1.54) is 6.92 Å². The Hall–Kier alpha value is -1.83. The van der Waals surface area contributed by atoms with Crippen LogP contribution in [0, 0.1) is 34.0 Å². The van der Waals surface area contributed by atoms with Crippen LogP contribution < -0.4 is 0 Å². The molecule has 0 amide bonds. The lowest BCUT2D eigenvalue weighted by Crippen LogP contribution is -2.55. The zero-order chi connectivity index (χ0) is 16.1. The van der Waals surface area contributed by atoms with E-state index in [-0.39, 0.29) is 11.0 Å². The van der Waals surface area contributed by atoms with Gasteiger partial charge in [0.2, 0.25) is 0 Å². The first-order chi connectivity index (χ1) is 10.3. The molecule has 0 aromatic heterocycles. The van der Waals surface area contributed by atoms with Crippen molar-refractivity contribution in [2.45, 2.75) is 51.9 Å². The molecule has 4 aliphatic carbocycles. The van der Waals surface area contributed by atoms with E-state index in [1.807, 2.05) is 0 Å². The van der Waals surface area contributed by atoms with Crippen LogP contribution in [0.5, 0.6) is 0 Å². The average Bonchev–Trinajstić information content (AvgIpc) is 2.42. The fourth-order valence-corrected chi connectivity index (χ4v) is 5.67. The standard InChI is InChI=1S/C17H21NO4/c1-10(14(19)20)13(8-18)7-16-3-11-2-12(4-16)6-17(5-11,9-16)15(21)22/h11-12H,2-7,9H2,1H3,(H,19,20)(H,21,22). The number of carboxylic acids is 2. The topological polar surface area (TPSA) is 98.4 Å². The minimum absolute atomic E-state index is 0.0996. The van der Waals surface area contributed by atoms with Gasteiger partial charge in [-0.1, -0.05) is 0 Å². The van der Waals surface area contributed by atoms with Crippen LogP contribution in [0.4, 0.5) is 0 Å². The van der Waals surface area contributed by atoms with E-state index in [2.05, 4.69) is 6.07 Å². The van der Waals surface area contributed by atoms with Crippen LogP contribution in [0.3, 0.4) is 0 Å². The average molecular weight is 303 g/mol. The maximum absolute atomic E-state index is 11.8. The van der Waals surface area contributed by atoms with Crippen molar-refractivity contribution in [1.29, 1.82) is 5.26 Å². The highest BCUT2D eigenvalue weighted by Gasteiger charge is 2.60. The Balaban J connectivity index is 1.94. The van der Waals surface area contributed by atoms with E-state index in [1.54, 1.807) is 0 Å². The summed E-state index contributed by atoms with van der Waals surface area (Å²) >= 11 is 0. The molecular formula is C17H21NO4. The number of nitriles is 1. The van der Waals surface area contributed by atoms with Crippen LogP contribution in [0.1, 0.15) is 51.9 Å². The molecule has 4 saturated carbocycles. The van der Waals surface area contributed by atoms with E-state index in [4.69, 9.17) is 5.11 Å². The van der Waals surface area contributed by atoms with E-state index < -0.39 is 17.4 Å². The molecule has 5 nitrogen and oxygen atoms in total. The molecule has 22 heavy (non-hydrogen) atoms. The summed E-state index contributed by atoms with van der Waals surface area (Å²) in [4.78, 5) is 23.0. The summed E-state index contributed by atoms with van der Waals surface area (Å²) in [6.07, 6.45) is 5.51. The second-order valence-corrected chi connectivity index (χ2v) is 7.74. The molecule has 0 aliphatic heterocycles. The summed E-state index contributed by atoms with van der Waals surface area (Å²) in [7, 11) is 0. The normalized spacial score (nSPS) is 40.0. The molecule has 0 aromatic rings. The molecule has 0 aromatic carbocycles. The molecule has 5 heteroatoms. The van der Waals surface area contributed by atoms with Crippen LogP contribution >= 0.6 is 0 Å². The number of allylic oxidation sites excluding steroid dienone is 1. The van der Waals surface area contributed by atoms with Crippen molar-refractivity contribution in [3.63, 3.8) is 0 Å². The molecule has 0 spiro atoms. The third-order valence-electron chi connectivity index (χ3n) is 6.10. The number of carboxylic acid groups (broad SMARTS) is 2. The molecule has 4 rings (SSSR count). The van der Waals surface area contributed by atoms with Crippen molar-refractivity contribution in [3.05, 3.63) is 11.1 Å². The second kappa shape index (κ2) is 4.84. The van der Waals surface area contributed by atoms with E-state index in [0.29, 0.717) is 30.3 Å². The first kappa shape index (κ1) is 15.1. The Morgan fingerprint density at radius 1 is 1.18 bits per heavy atom. The van der Waals surface area contributed by atoms with Crippen molar-refractivity contribution in [3.8, 4) is 6.07 Å². The van der Waals surface area contributed by atoms with E-state index >= 15 is 0 Å². The fourth-order valence-electron chi connectivity index (χ4n) is 5.67.